The van der Waals surface area contributed by atoms with Crippen LogP contribution in [0.4, 0.5) is 15.6 Å². The summed E-state index contributed by atoms with van der Waals surface area (Å²) in [4.78, 5) is 32.9. The molecule has 1 saturated carbocycles. The lowest BCUT2D eigenvalue weighted by Crippen LogP contribution is -2.32. The van der Waals surface area contributed by atoms with E-state index in [9.17, 15) is 9.59 Å². The van der Waals surface area contributed by atoms with Crippen LogP contribution >= 0.6 is 11.3 Å². The summed E-state index contributed by atoms with van der Waals surface area (Å²) in [5, 5.41) is 3.38. The maximum Gasteiger partial charge on any atom is 0.325 e. The van der Waals surface area contributed by atoms with Crippen molar-refractivity contribution in [2.45, 2.75) is 39.2 Å². The van der Waals surface area contributed by atoms with Crippen molar-refractivity contribution >= 4 is 34.1 Å². The quantitative estimate of drug-likeness (QED) is 0.308. The molecular weight excluding hydrogens is 468 g/mol. The summed E-state index contributed by atoms with van der Waals surface area (Å²) in [6.45, 7) is 4.32. The summed E-state index contributed by atoms with van der Waals surface area (Å²) >= 11 is 1.18. The Balaban J connectivity index is 1.57. The van der Waals surface area contributed by atoms with Crippen molar-refractivity contribution in [2.24, 2.45) is 5.73 Å². The molecule has 0 aliphatic heterocycles. The number of benzene rings is 3. The third-order valence-electron chi connectivity index (χ3n) is 6.45. The highest BCUT2D eigenvalue weighted by molar-refractivity contribution is 7.18. The number of nitrogens with two attached hydrogens (primary N) is 1. The Hall–Kier alpha value is -3.97. The number of aryl methyl sites for hydroxylation is 2. The Labute approximate surface area is 214 Å². The number of anilines is 2. The van der Waals surface area contributed by atoms with Crippen LogP contribution in [0, 0.1) is 13.8 Å². The van der Waals surface area contributed by atoms with Crippen molar-refractivity contribution in [1.29, 1.82) is 0 Å². The van der Waals surface area contributed by atoms with Crippen LogP contribution < -0.4 is 16.0 Å². The van der Waals surface area contributed by atoms with Gasteiger partial charge in [-0.15, -0.1) is 0 Å². The summed E-state index contributed by atoms with van der Waals surface area (Å²) in [5.74, 6) is 0.283. The highest BCUT2D eigenvalue weighted by Crippen LogP contribution is 2.43. The molecule has 7 heteroatoms. The Bertz CT molecular complexity index is 1430. The number of carbonyl (C=O) groups excluding carboxylic acids is 2. The third kappa shape index (κ3) is 4.88. The van der Waals surface area contributed by atoms with E-state index in [1.807, 2.05) is 80.6 Å². The first kappa shape index (κ1) is 23.8. The first-order valence-electron chi connectivity index (χ1n) is 12.0. The summed E-state index contributed by atoms with van der Waals surface area (Å²) < 4.78 is 0. The van der Waals surface area contributed by atoms with E-state index in [-0.39, 0.29) is 5.91 Å². The van der Waals surface area contributed by atoms with Gasteiger partial charge in [0.15, 0.2) is 5.13 Å². The van der Waals surface area contributed by atoms with Gasteiger partial charge in [-0.1, -0.05) is 78.1 Å². The monoisotopic (exact) mass is 496 g/mol. The van der Waals surface area contributed by atoms with Gasteiger partial charge in [0.25, 0.3) is 5.91 Å². The second-order valence-corrected chi connectivity index (χ2v) is 10.1. The average molecular weight is 497 g/mol. The molecule has 0 radical (unpaired) electrons. The number of nitrogens with one attached hydrogen (secondary N) is 1. The summed E-state index contributed by atoms with van der Waals surface area (Å²) in [6, 6.07) is 23.1. The van der Waals surface area contributed by atoms with Crippen LogP contribution in [0.1, 0.15) is 50.7 Å². The van der Waals surface area contributed by atoms with Crippen LogP contribution in [0.15, 0.2) is 72.8 Å². The average Bonchev–Trinajstić information content (AvgIpc) is 3.64. The minimum atomic E-state index is -0.632. The van der Waals surface area contributed by atoms with E-state index in [2.05, 4.69) is 11.4 Å². The molecule has 5 rings (SSSR count). The van der Waals surface area contributed by atoms with E-state index in [4.69, 9.17) is 10.7 Å². The summed E-state index contributed by atoms with van der Waals surface area (Å²) in [5.41, 5.74) is 12.1. The van der Waals surface area contributed by atoms with Gasteiger partial charge in [-0.05, 0) is 60.9 Å². The normalized spacial score (nSPS) is 12.8. The fourth-order valence-electron chi connectivity index (χ4n) is 4.29. The van der Waals surface area contributed by atoms with Crippen LogP contribution in [0.5, 0.6) is 0 Å². The predicted molar refractivity (Wildman–Crippen MR) is 145 cm³/mol. The molecule has 6 nitrogen and oxygen atoms in total. The van der Waals surface area contributed by atoms with Crippen molar-refractivity contribution < 1.29 is 9.59 Å². The number of hydrogen-bond acceptors (Lipinski definition) is 4. The molecule has 36 heavy (non-hydrogen) atoms. The molecule has 0 unspecified atom stereocenters. The first-order valence-corrected chi connectivity index (χ1v) is 12.8. The number of thiazole rings is 1. The predicted octanol–water partition coefficient (Wildman–Crippen LogP) is 6.45. The first-order chi connectivity index (χ1) is 17.4. The molecule has 1 aliphatic carbocycles. The number of nitrogens with zero attached hydrogens (tertiary/aromatic N) is 2. The fourth-order valence-corrected chi connectivity index (χ4v) is 5.31. The van der Waals surface area contributed by atoms with Gasteiger partial charge in [-0.3, -0.25) is 4.79 Å². The van der Waals surface area contributed by atoms with Crippen molar-refractivity contribution in [1.82, 2.24) is 10.3 Å². The third-order valence-corrected chi connectivity index (χ3v) is 7.49. The molecule has 1 aromatic heterocycles. The molecule has 1 fully saturated rings. The van der Waals surface area contributed by atoms with Crippen LogP contribution in [0.2, 0.25) is 0 Å². The summed E-state index contributed by atoms with van der Waals surface area (Å²) in [7, 11) is 0. The molecule has 182 valence electrons. The van der Waals surface area contributed by atoms with E-state index in [0.717, 1.165) is 35.1 Å². The number of aromatic nitrogens is 1. The molecule has 0 bridgehead atoms. The Morgan fingerprint density at radius 2 is 1.72 bits per heavy atom. The van der Waals surface area contributed by atoms with Gasteiger partial charge < -0.3 is 11.1 Å². The van der Waals surface area contributed by atoms with Crippen LogP contribution in [-0.4, -0.2) is 16.9 Å². The molecule has 0 spiro atoms. The van der Waals surface area contributed by atoms with E-state index in [0.29, 0.717) is 33.9 Å². The molecule has 1 heterocycles. The van der Waals surface area contributed by atoms with Crippen molar-refractivity contribution in [3.63, 3.8) is 0 Å². The van der Waals surface area contributed by atoms with Crippen molar-refractivity contribution in [3.05, 3.63) is 99.9 Å². The standard InChI is InChI=1S/C29H28N4O2S/c1-18-8-6-7-11-23(18)25-26(27(34)31-17-20-9-4-3-5-10-20)36-29(32-25)33(28(30)35)24-16-22(21-14-15-21)13-12-19(24)2/h3-13,16,21H,14-15,17H2,1-2H3,(H2,30,35)(H,31,34). The fraction of sp³-hybridized carbons (Fsp3) is 0.207. The van der Waals surface area contributed by atoms with Gasteiger partial charge in [-0.25, -0.2) is 14.7 Å². The lowest BCUT2D eigenvalue weighted by Gasteiger charge is -2.20. The van der Waals surface area contributed by atoms with Gasteiger partial charge in [0, 0.05) is 12.1 Å². The highest BCUT2D eigenvalue weighted by atomic mass is 32.1. The second-order valence-electron chi connectivity index (χ2n) is 9.15. The van der Waals surface area contributed by atoms with Gasteiger partial charge in [0.1, 0.15) is 4.88 Å². The lowest BCUT2D eigenvalue weighted by molar-refractivity contribution is 0.0955. The van der Waals surface area contributed by atoms with Crippen LogP contribution in [0.25, 0.3) is 11.3 Å². The van der Waals surface area contributed by atoms with E-state index < -0.39 is 6.03 Å². The number of urea groups is 1. The number of amides is 3. The highest BCUT2D eigenvalue weighted by Gasteiger charge is 2.29. The zero-order valence-electron chi connectivity index (χ0n) is 20.3. The number of carbonyl (C=O) groups is 2. The molecule has 0 atom stereocenters. The van der Waals surface area contributed by atoms with Gasteiger partial charge >= 0.3 is 6.03 Å². The maximum atomic E-state index is 13.4. The molecular formula is C29H28N4O2S. The molecule has 3 amide bonds. The largest absolute Gasteiger partial charge is 0.351 e. The Morgan fingerprint density at radius 3 is 2.42 bits per heavy atom. The minimum absolute atomic E-state index is 0.242. The number of rotatable bonds is 7. The number of hydrogen-bond donors (Lipinski definition) is 2. The van der Waals surface area contributed by atoms with Crippen molar-refractivity contribution in [3.8, 4) is 11.3 Å². The lowest BCUT2D eigenvalue weighted by atomic mass is 10.0. The topological polar surface area (TPSA) is 88.3 Å². The molecule has 3 aromatic carbocycles. The van der Waals surface area contributed by atoms with Gasteiger partial charge in [0.2, 0.25) is 0 Å². The smallest absolute Gasteiger partial charge is 0.325 e. The number of primary amides is 1. The zero-order valence-corrected chi connectivity index (χ0v) is 21.1. The molecule has 0 saturated heterocycles. The second kappa shape index (κ2) is 9.95. The minimum Gasteiger partial charge on any atom is -0.351 e. The SMILES string of the molecule is Cc1ccccc1-c1nc(N(C(N)=O)c2cc(C3CC3)ccc2C)sc1C(=O)NCc1ccccc1. The molecule has 3 N–H and O–H groups in total. The van der Waals surface area contributed by atoms with Gasteiger partial charge in [0.05, 0.1) is 11.4 Å². The zero-order chi connectivity index (χ0) is 25.2. The maximum absolute atomic E-state index is 13.4. The van der Waals surface area contributed by atoms with E-state index in [1.54, 1.807) is 0 Å². The molecule has 1 aliphatic rings. The molecule has 4 aromatic rings. The van der Waals surface area contributed by atoms with Crippen LogP contribution in [-0.2, 0) is 6.54 Å². The van der Waals surface area contributed by atoms with Crippen LogP contribution in [0.3, 0.4) is 0 Å². The van der Waals surface area contributed by atoms with E-state index >= 15 is 0 Å². The van der Waals surface area contributed by atoms with Gasteiger partial charge in [-0.2, -0.15) is 0 Å². The Morgan fingerprint density at radius 1 is 1.00 bits per heavy atom. The Kier molecular flexibility index (Phi) is 6.57. The van der Waals surface area contributed by atoms with Crippen molar-refractivity contribution in [2.75, 3.05) is 4.90 Å². The summed E-state index contributed by atoms with van der Waals surface area (Å²) in [6.07, 6.45) is 2.30. The van der Waals surface area contributed by atoms with E-state index in [1.165, 1.54) is 21.8 Å².